The zero-order valence-electron chi connectivity index (χ0n) is 8.38. The SMILES string of the molecule is C=C/C=C(\C=C)C(O)CC.CC. The topological polar surface area (TPSA) is 20.2 Å². The van der Waals surface area contributed by atoms with Crippen molar-refractivity contribution in [3.05, 3.63) is 37.0 Å². The molecule has 0 saturated heterocycles. The summed E-state index contributed by atoms with van der Waals surface area (Å²) in [6.45, 7) is 13.0. The van der Waals surface area contributed by atoms with Crippen LogP contribution in [0.1, 0.15) is 27.2 Å². The molecule has 0 amide bonds. The molecule has 0 radical (unpaired) electrons. The first-order valence-electron chi connectivity index (χ1n) is 4.39. The third-order valence-electron chi connectivity index (χ3n) is 1.32. The van der Waals surface area contributed by atoms with Gasteiger partial charge in [-0.05, 0) is 12.0 Å². The second-order valence-electron chi connectivity index (χ2n) is 2.03. The lowest BCUT2D eigenvalue weighted by Crippen LogP contribution is -2.05. The van der Waals surface area contributed by atoms with Gasteiger partial charge < -0.3 is 5.11 Å². The van der Waals surface area contributed by atoms with Crippen LogP contribution >= 0.6 is 0 Å². The molecule has 0 aromatic heterocycles. The monoisotopic (exact) mass is 168 g/mol. The van der Waals surface area contributed by atoms with Gasteiger partial charge in [-0.15, -0.1) is 0 Å². The molecule has 0 spiro atoms. The Bertz CT molecular complexity index is 145. The van der Waals surface area contributed by atoms with Crippen molar-refractivity contribution in [1.29, 1.82) is 0 Å². The van der Waals surface area contributed by atoms with Crippen molar-refractivity contribution in [3.63, 3.8) is 0 Å². The van der Waals surface area contributed by atoms with Crippen molar-refractivity contribution in [2.24, 2.45) is 0 Å². The molecule has 0 aliphatic carbocycles. The summed E-state index contributed by atoms with van der Waals surface area (Å²) in [6, 6.07) is 0. The number of hydrogen-bond donors (Lipinski definition) is 1. The van der Waals surface area contributed by atoms with Crippen molar-refractivity contribution >= 4 is 0 Å². The molecule has 12 heavy (non-hydrogen) atoms. The fraction of sp³-hybridized carbons (Fsp3) is 0.455. The van der Waals surface area contributed by atoms with E-state index < -0.39 is 6.10 Å². The van der Waals surface area contributed by atoms with E-state index in [1.54, 1.807) is 18.2 Å². The first-order chi connectivity index (χ1) is 5.76. The molecular formula is C11H20O. The summed E-state index contributed by atoms with van der Waals surface area (Å²) in [7, 11) is 0. The molecule has 0 aliphatic rings. The molecule has 1 nitrogen and oxygen atoms in total. The summed E-state index contributed by atoms with van der Waals surface area (Å²) in [6.07, 6.45) is 5.38. The average Bonchev–Trinajstić information content (AvgIpc) is 2.16. The normalized spacial score (nSPS) is 12.5. The Morgan fingerprint density at radius 3 is 2.17 bits per heavy atom. The standard InChI is InChI=1S/C9H14O.C2H6/c1-4-7-8(5-2)9(10)6-3;1-2/h4-5,7,9-10H,1-2,6H2,3H3;1-2H3/b8-7+;. The number of aliphatic hydroxyl groups excluding tert-OH is 1. The molecule has 1 heteroatoms. The molecule has 1 N–H and O–H groups in total. The highest BCUT2D eigenvalue weighted by atomic mass is 16.3. The third kappa shape index (κ3) is 5.93. The minimum absolute atomic E-state index is 0.393. The van der Waals surface area contributed by atoms with E-state index >= 15 is 0 Å². The maximum absolute atomic E-state index is 9.26. The summed E-state index contributed by atoms with van der Waals surface area (Å²) in [5, 5.41) is 9.26. The fourth-order valence-corrected chi connectivity index (χ4v) is 0.687. The van der Waals surface area contributed by atoms with Gasteiger partial charge in [0.25, 0.3) is 0 Å². The van der Waals surface area contributed by atoms with Crippen LogP contribution in [-0.2, 0) is 0 Å². The molecular weight excluding hydrogens is 148 g/mol. The van der Waals surface area contributed by atoms with E-state index in [2.05, 4.69) is 13.2 Å². The maximum atomic E-state index is 9.26. The molecule has 0 aromatic rings. The highest BCUT2D eigenvalue weighted by Gasteiger charge is 2.01. The Morgan fingerprint density at radius 2 is 1.92 bits per heavy atom. The Balaban J connectivity index is 0. The van der Waals surface area contributed by atoms with Gasteiger partial charge in [0.1, 0.15) is 0 Å². The summed E-state index contributed by atoms with van der Waals surface area (Å²) in [5.41, 5.74) is 0.831. The molecule has 0 bridgehead atoms. The molecule has 1 atom stereocenters. The molecule has 0 aromatic carbocycles. The Labute approximate surface area is 76.1 Å². The molecule has 0 aliphatic heterocycles. The van der Waals surface area contributed by atoms with Crippen molar-refractivity contribution in [2.75, 3.05) is 0 Å². The van der Waals surface area contributed by atoms with Crippen LogP contribution in [0.4, 0.5) is 0 Å². The Hall–Kier alpha value is -0.820. The lowest BCUT2D eigenvalue weighted by molar-refractivity contribution is 0.210. The molecule has 0 saturated carbocycles. The van der Waals surface area contributed by atoms with Crippen LogP contribution in [0.5, 0.6) is 0 Å². The van der Waals surface area contributed by atoms with Gasteiger partial charge in [0, 0.05) is 0 Å². The van der Waals surface area contributed by atoms with Crippen molar-refractivity contribution in [1.82, 2.24) is 0 Å². The Morgan fingerprint density at radius 1 is 1.42 bits per heavy atom. The van der Waals surface area contributed by atoms with Gasteiger partial charge in [-0.25, -0.2) is 0 Å². The smallest absolute Gasteiger partial charge is 0.0787 e. The van der Waals surface area contributed by atoms with Crippen molar-refractivity contribution in [2.45, 2.75) is 33.3 Å². The predicted molar refractivity (Wildman–Crippen MR) is 56.1 cm³/mol. The van der Waals surface area contributed by atoms with Gasteiger partial charge in [0.05, 0.1) is 6.10 Å². The molecule has 0 fully saturated rings. The van der Waals surface area contributed by atoms with Gasteiger partial charge in [0.15, 0.2) is 0 Å². The van der Waals surface area contributed by atoms with Gasteiger partial charge in [-0.1, -0.05) is 52.2 Å². The van der Waals surface area contributed by atoms with Crippen molar-refractivity contribution in [3.8, 4) is 0 Å². The average molecular weight is 168 g/mol. The fourth-order valence-electron chi connectivity index (χ4n) is 0.687. The summed E-state index contributed by atoms with van der Waals surface area (Å²) < 4.78 is 0. The van der Waals surface area contributed by atoms with Crippen molar-refractivity contribution < 1.29 is 5.11 Å². The zero-order valence-corrected chi connectivity index (χ0v) is 8.38. The number of rotatable bonds is 4. The van der Waals surface area contributed by atoms with Crippen LogP contribution in [0.25, 0.3) is 0 Å². The molecule has 0 rings (SSSR count). The Kier molecular flexibility index (Phi) is 11.7. The first-order valence-corrected chi connectivity index (χ1v) is 4.39. The minimum Gasteiger partial charge on any atom is -0.388 e. The maximum Gasteiger partial charge on any atom is 0.0787 e. The molecule has 1 unspecified atom stereocenters. The van der Waals surface area contributed by atoms with E-state index in [1.165, 1.54) is 0 Å². The van der Waals surface area contributed by atoms with E-state index in [4.69, 9.17) is 0 Å². The lowest BCUT2D eigenvalue weighted by atomic mass is 10.1. The number of hydrogen-bond acceptors (Lipinski definition) is 1. The van der Waals surface area contributed by atoms with E-state index in [-0.39, 0.29) is 0 Å². The lowest BCUT2D eigenvalue weighted by Gasteiger charge is -2.06. The summed E-state index contributed by atoms with van der Waals surface area (Å²) >= 11 is 0. The largest absolute Gasteiger partial charge is 0.388 e. The first kappa shape index (κ1) is 13.7. The second-order valence-corrected chi connectivity index (χ2v) is 2.03. The minimum atomic E-state index is -0.393. The van der Waals surface area contributed by atoms with E-state index in [1.807, 2.05) is 20.8 Å². The number of allylic oxidation sites excluding steroid dienone is 2. The van der Waals surface area contributed by atoms with Crippen LogP contribution in [0.2, 0.25) is 0 Å². The quantitative estimate of drug-likeness (QED) is 0.639. The highest BCUT2D eigenvalue weighted by molar-refractivity contribution is 5.24. The van der Waals surface area contributed by atoms with E-state index in [0.717, 1.165) is 5.57 Å². The van der Waals surface area contributed by atoms with Gasteiger partial charge >= 0.3 is 0 Å². The van der Waals surface area contributed by atoms with E-state index in [0.29, 0.717) is 6.42 Å². The predicted octanol–water partition coefficient (Wildman–Crippen LogP) is 3.08. The van der Waals surface area contributed by atoms with Crippen LogP contribution in [0.15, 0.2) is 37.0 Å². The highest BCUT2D eigenvalue weighted by Crippen LogP contribution is 2.06. The van der Waals surface area contributed by atoms with Crippen LogP contribution < -0.4 is 0 Å². The zero-order chi connectivity index (χ0) is 9.98. The van der Waals surface area contributed by atoms with Gasteiger partial charge in [-0.3, -0.25) is 0 Å². The molecule has 0 heterocycles. The van der Waals surface area contributed by atoms with E-state index in [9.17, 15) is 5.11 Å². The molecule has 70 valence electrons. The van der Waals surface area contributed by atoms with Gasteiger partial charge in [-0.2, -0.15) is 0 Å². The van der Waals surface area contributed by atoms with Crippen LogP contribution in [0.3, 0.4) is 0 Å². The van der Waals surface area contributed by atoms with Crippen LogP contribution in [-0.4, -0.2) is 11.2 Å². The van der Waals surface area contributed by atoms with Crippen LogP contribution in [0, 0.1) is 0 Å². The summed E-state index contributed by atoms with van der Waals surface area (Å²) in [5.74, 6) is 0. The van der Waals surface area contributed by atoms with Gasteiger partial charge in [0.2, 0.25) is 0 Å². The number of aliphatic hydroxyl groups is 1. The third-order valence-corrected chi connectivity index (χ3v) is 1.32. The summed E-state index contributed by atoms with van der Waals surface area (Å²) in [4.78, 5) is 0. The second kappa shape index (κ2) is 10.2.